The second-order valence-electron chi connectivity index (χ2n) is 11.0. The highest BCUT2D eigenvalue weighted by molar-refractivity contribution is 7.89. The second-order valence-corrected chi connectivity index (χ2v) is 13.1. The van der Waals surface area contributed by atoms with E-state index in [9.17, 15) is 18.5 Å². The number of nitrogens with one attached hydrogen (secondary N) is 2. The van der Waals surface area contributed by atoms with Crippen LogP contribution in [0.25, 0.3) is 11.1 Å². The summed E-state index contributed by atoms with van der Waals surface area (Å²) in [7, 11) is -3.84. The van der Waals surface area contributed by atoms with Crippen LogP contribution >= 0.6 is 11.6 Å². The lowest BCUT2D eigenvalue weighted by Crippen LogP contribution is -2.47. The molecule has 4 aromatic rings. The number of oxime groups is 1. The van der Waals surface area contributed by atoms with Crippen LogP contribution in [0.3, 0.4) is 0 Å². The Hall–Kier alpha value is -4.64. The van der Waals surface area contributed by atoms with E-state index in [0.717, 1.165) is 0 Å². The number of carbonyl (C=O) groups excluding carboxylic acids is 1. The third kappa shape index (κ3) is 6.56. The zero-order valence-corrected chi connectivity index (χ0v) is 25.0. The van der Waals surface area contributed by atoms with E-state index < -0.39 is 27.1 Å². The van der Waals surface area contributed by atoms with Crippen molar-refractivity contribution in [1.29, 1.82) is 5.26 Å². The summed E-state index contributed by atoms with van der Waals surface area (Å²) >= 11 is 6.63. The summed E-state index contributed by atoms with van der Waals surface area (Å²) in [6.45, 7) is 5.23. The smallest absolute Gasteiger partial charge is 0.273 e. The van der Waals surface area contributed by atoms with Crippen molar-refractivity contribution < 1.29 is 18.0 Å². The summed E-state index contributed by atoms with van der Waals surface area (Å²) in [4.78, 5) is 19.7. The SMILES string of the molecule is CC(C)(C)NS(=O)(=O)c1ccccc1-c1ccc(NC(=O)C2(Cn3cnnn3)CC(c3cccc(C#N)c3)=NO2)c(Cl)c1. The maximum atomic E-state index is 13.8. The minimum Gasteiger partial charge on any atom is -0.376 e. The maximum absolute atomic E-state index is 13.8. The lowest BCUT2D eigenvalue weighted by atomic mass is 9.92. The van der Waals surface area contributed by atoms with Crippen molar-refractivity contribution in [2.24, 2.45) is 5.16 Å². The standard InChI is InChI=1S/C29H27ClN8O4S/c1-28(2,3)35-43(40,41)26-10-5-4-9-22(26)20-11-12-24(23(30)14-20)33-27(39)29(17-38-18-32-36-37-38)15-25(34-42-29)21-8-6-7-19(13-21)16-31/h4-14,18,35H,15,17H2,1-3H3,(H,33,39). The summed E-state index contributed by atoms with van der Waals surface area (Å²) < 4.78 is 30.4. The summed E-state index contributed by atoms with van der Waals surface area (Å²) in [6.07, 6.45) is 1.42. The normalized spacial score (nSPS) is 16.7. The van der Waals surface area contributed by atoms with Gasteiger partial charge >= 0.3 is 0 Å². The molecule has 0 fully saturated rings. The van der Waals surface area contributed by atoms with Crippen molar-refractivity contribution in [3.8, 4) is 17.2 Å². The number of nitrogens with zero attached hydrogens (tertiary/aromatic N) is 6. The molecule has 5 rings (SSSR count). The fourth-order valence-electron chi connectivity index (χ4n) is 4.61. The summed E-state index contributed by atoms with van der Waals surface area (Å²) in [5.74, 6) is -0.551. The van der Waals surface area contributed by atoms with Gasteiger partial charge in [0.05, 0.1) is 39.5 Å². The van der Waals surface area contributed by atoms with Crippen molar-refractivity contribution in [2.75, 3.05) is 5.32 Å². The third-order valence-electron chi connectivity index (χ3n) is 6.48. The first-order valence-corrected chi connectivity index (χ1v) is 15.0. The number of aromatic nitrogens is 4. The van der Waals surface area contributed by atoms with Crippen LogP contribution in [-0.2, 0) is 26.2 Å². The van der Waals surface area contributed by atoms with Crippen LogP contribution in [0.15, 0.2) is 83.1 Å². The highest BCUT2D eigenvalue weighted by Gasteiger charge is 2.48. The average Bonchev–Trinajstić information content (AvgIpc) is 3.64. The Morgan fingerprint density at radius 1 is 1.12 bits per heavy atom. The minimum absolute atomic E-state index is 0.0571. The highest BCUT2D eigenvalue weighted by Crippen LogP contribution is 2.35. The van der Waals surface area contributed by atoms with Gasteiger partial charge in [-0.25, -0.2) is 17.8 Å². The quantitative estimate of drug-likeness (QED) is 0.297. The van der Waals surface area contributed by atoms with Gasteiger partial charge in [0.15, 0.2) is 0 Å². The van der Waals surface area contributed by atoms with Gasteiger partial charge in [-0.15, -0.1) is 5.10 Å². The predicted octanol–water partition coefficient (Wildman–Crippen LogP) is 4.14. The Kier molecular flexibility index (Phi) is 8.02. The van der Waals surface area contributed by atoms with Crippen molar-refractivity contribution in [1.82, 2.24) is 24.9 Å². The lowest BCUT2D eigenvalue weighted by Gasteiger charge is -2.25. The topological polar surface area (TPSA) is 164 Å². The van der Waals surface area contributed by atoms with Crippen LogP contribution in [-0.4, -0.2) is 51.4 Å². The fraction of sp³-hybridized carbons (Fsp3) is 0.241. The van der Waals surface area contributed by atoms with Gasteiger partial charge in [-0.2, -0.15) is 5.26 Å². The average molecular weight is 619 g/mol. The van der Waals surface area contributed by atoms with Crippen LogP contribution in [0.4, 0.5) is 5.69 Å². The molecular formula is C29H27ClN8O4S. The fourth-order valence-corrected chi connectivity index (χ4v) is 6.49. The van der Waals surface area contributed by atoms with Crippen LogP contribution < -0.4 is 10.0 Å². The van der Waals surface area contributed by atoms with Crippen LogP contribution in [0.2, 0.25) is 5.02 Å². The molecular weight excluding hydrogens is 592 g/mol. The number of nitriles is 1. The Labute approximate surface area is 253 Å². The number of hydrogen-bond donors (Lipinski definition) is 2. The zero-order valence-electron chi connectivity index (χ0n) is 23.4. The van der Waals surface area contributed by atoms with E-state index in [4.69, 9.17) is 16.4 Å². The summed E-state index contributed by atoms with van der Waals surface area (Å²) in [6, 6.07) is 20.4. The zero-order chi connectivity index (χ0) is 30.8. The molecule has 2 heterocycles. The second kappa shape index (κ2) is 11.6. The van der Waals surface area contributed by atoms with Gasteiger partial charge in [0.1, 0.15) is 6.33 Å². The van der Waals surface area contributed by atoms with Gasteiger partial charge in [-0.05, 0) is 67.1 Å². The van der Waals surface area contributed by atoms with Gasteiger partial charge in [0.25, 0.3) is 5.91 Å². The van der Waals surface area contributed by atoms with E-state index in [0.29, 0.717) is 28.0 Å². The first-order chi connectivity index (χ1) is 20.4. The van der Waals surface area contributed by atoms with Gasteiger partial charge < -0.3 is 10.2 Å². The highest BCUT2D eigenvalue weighted by atomic mass is 35.5. The molecule has 0 bridgehead atoms. The molecule has 0 aliphatic carbocycles. The first kappa shape index (κ1) is 29.8. The number of benzene rings is 3. The van der Waals surface area contributed by atoms with Crippen LogP contribution in [0.5, 0.6) is 0 Å². The summed E-state index contributed by atoms with van der Waals surface area (Å²) in [5.41, 5.74) is 0.620. The van der Waals surface area contributed by atoms with E-state index in [1.54, 1.807) is 81.4 Å². The Balaban J connectivity index is 1.42. The molecule has 2 N–H and O–H groups in total. The number of tetrazole rings is 1. The molecule has 3 aromatic carbocycles. The third-order valence-corrected chi connectivity index (χ3v) is 8.61. The van der Waals surface area contributed by atoms with E-state index >= 15 is 0 Å². The van der Waals surface area contributed by atoms with E-state index in [2.05, 4.69) is 36.8 Å². The molecule has 0 spiro atoms. The van der Waals surface area contributed by atoms with Crippen LogP contribution in [0.1, 0.15) is 38.3 Å². The van der Waals surface area contributed by atoms with Crippen LogP contribution in [0, 0.1) is 11.3 Å². The molecule has 1 amide bonds. The molecule has 43 heavy (non-hydrogen) atoms. The van der Waals surface area contributed by atoms with Gasteiger partial charge in [0, 0.05) is 23.1 Å². The Bertz CT molecular complexity index is 1860. The molecule has 1 atom stereocenters. The monoisotopic (exact) mass is 618 g/mol. The number of carbonyl (C=O) groups is 1. The van der Waals surface area contributed by atoms with Gasteiger partial charge in [-0.3, -0.25) is 4.79 Å². The Morgan fingerprint density at radius 2 is 1.91 bits per heavy atom. The van der Waals surface area contributed by atoms with Gasteiger partial charge in [-0.1, -0.05) is 53.2 Å². The number of sulfonamides is 1. The molecule has 12 nitrogen and oxygen atoms in total. The molecule has 220 valence electrons. The van der Waals surface area contributed by atoms with E-state index in [-0.39, 0.29) is 28.6 Å². The molecule has 14 heteroatoms. The number of anilines is 1. The summed E-state index contributed by atoms with van der Waals surface area (Å²) in [5, 5.41) is 27.6. The van der Waals surface area contributed by atoms with E-state index in [1.165, 1.54) is 17.1 Å². The predicted molar refractivity (Wildman–Crippen MR) is 160 cm³/mol. The molecule has 1 aromatic heterocycles. The molecule has 1 aliphatic heterocycles. The van der Waals surface area contributed by atoms with Crippen molar-refractivity contribution in [3.05, 3.63) is 89.2 Å². The molecule has 0 radical (unpaired) electrons. The first-order valence-electron chi connectivity index (χ1n) is 13.1. The number of amides is 1. The number of rotatable bonds is 8. The van der Waals surface area contributed by atoms with Crippen molar-refractivity contribution >= 4 is 38.9 Å². The maximum Gasteiger partial charge on any atom is 0.273 e. The number of hydrogen-bond acceptors (Lipinski definition) is 9. The molecule has 1 unspecified atom stereocenters. The lowest BCUT2D eigenvalue weighted by molar-refractivity contribution is -0.140. The van der Waals surface area contributed by atoms with E-state index in [1.807, 2.05) is 0 Å². The minimum atomic E-state index is -3.84. The molecule has 1 aliphatic rings. The molecule has 0 saturated carbocycles. The van der Waals surface area contributed by atoms with Gasteiger partial charge in [0.2, 0.25) is 15.6 Å². The largest absolute Gasteiger partial charge is 0.376 e. The van der Waals surface area contributed by atoms with Crippen molar-refractivity contribution in [3.63, 3.8) is 0 Å². The number of halogens is 1. The Morgan fingerprint density at radius 3 is 2.60 bits per heavy atom. The molecule has 0 saturated heterocycles. The van der Waals surface area contributed by atoms with Crippen molar-refractivity contribution in [2.45, 2.75) is 49.8 Å².